The fraction of sp³-hybridized carbons (Fsp3) is 0.688. The van der Waals surface area contributed by atoms with Gasteiger partial charge in [0.15, 0.2) is 5.01 Å². The second-order valence-electron chi connectivity index (χ2n) is 5.98. The highest BCUT2D eigenvalue weighted by Gasteiger charge is 2.51. The number of amides is 1. The first-order valence-corrected chi connectivity index (χ1v) is 9.06. The summed E-state index contributed by atoms with van der Waals surface area (Å²) in [5, 5.41) is 2.42. The number of carbonyl (C=O) groups is 2. The van der Waals surface area contributed by atoms with E-state index >= 15 is 0 Å². The molecule has 1 aromatic rings. The molecule has 2 saturated heterocycles. The Balaban J connectivity index is 1.81. The molecule has 0 unspecified atom stereocenters. The second kappa shape index (κ2) is 6.97. The molecule has 3 rings (SSSR count). The predicted octanol–water partition coefficient (Wildman–Crippen LogP) is 2.03. The molecule has 3 heterocycles. The van der Waals surface area contributed by atoms with Gasteiger partial charge in [-0.15, -0.1) is 11.3 Å². The molecule has 2 aliphatic heterocycles. The van der Waals surface area contributed by atoms with E-state index in [2.05, 4.69) is 11.9 Å². The predicted molar refractivity (Wildman–Crippen MR) is 85.5 cm³/mol. The first-order valence-electron chi connectivity index (χ1n) is 8.19. The van der Waals surface area contributed by atoms with Crippen LogP contribution >= 0.6 is 11.3 Å². The number of thiazole rings is 1. The smallest absolute Gasteiger partial charge is 0.332 e. The Morgan fingerprint density at radius 3 is 2.91 bits per heavy atom. The number of hydrogen-bond acceptors (Lipinski definition) is 6. The van der Waals surface area contributed by atoms with Crippen LogP contribution in [-0.2, 0) is 20.7 Å². The summed E-state index contributed by atoms with van der Waals surface area (Å²) in [6, 6.07) is 0. The Morgan fingerprint density at radius 1 is 1.39 bits per heavy atom. The standard InChI is InChI=1S/C16H22N2O4S/c1-2-3-4-12-11-23-13(17-12)14(19)18-7-10-22-15(20)16(18)5-8-21-9-6-16/h11H,2-10H2,1H3. The second-order valence-corrected chi connectivity index (χ2v) is 6.84. The average molecular weight is 338 g/mol. The van der Waals surface area contributed by atoms with E-state index in [1.807, 2.05) is 5.38 Å². The van der Waals surface area contributed by atoms with E-state index in [1.54, 1.807) is 4.90 Å². The lowest BCUT2D eigenvalue weighted by Gasteiger charge is -2.46. The van der Waals surface area contributed by atoms with Gasteiger partial charge >= 0.3 is 5.97 Å². The fourth-order valence-electron chi connectivity index (χ4n) is 3.16. The number of unbranched alkanes of at least 4 members (excludes halogenated alkanes) is 1. The molecular formula is C16H22N2O4S. The van der Waals surface area contributed by atoms with Gasteiger partial charge in [0.1, 0.15) is 12.1 Å². The lowest BCUT2D eigenvalue weighted by molar-refractivity contribution is -0.172. The molecule has 0 saturated carbocycles. The van der Waals surface area contributed by atoms with Crippen LogP contribution in [0.5, 0.6) is 0 Å². The van der Waals surface area contributed by atoms with E-state index in [0.29, 0.717) is 37.6 Å². The van der Waals surface area contributed by atoms with Gasteiger partial charge in [0, 0.05) is 31.4 Å². The van der Waals surface area contributed by atoms with Crippen LogP contribution in [0.25, 0.3) is 0 Å². The summed E-state index contributed by atoms with van der Waals surface area (Å²) < 4.78 is 10.6. The minimum atomic E-state index is -0.872. The van der Waals surface area contributed by atoms with Crippen molar-refractivity contribution in [3.63, 3.8) is 0 Å². The lowest BCUT2D eigenvalue weighted by Crippen LogP contribution is -2.64. The molecule has 6 nitrogen and oxygen atoms in total. The third kappa shape index (κ3) is 3.12. The number of morpholine rings is 1. The number of aryl methyl sites for hydroxylation is 1. The van der Waals surface area contributed by atoms with Crippen LogP contribution in [0, 0.1) is 0 Å². The molecule has 0 N–H and O–H groups in total. The van der Waals surface area contributed by atoms with E-state index in [4.69, 9.17) is 9.47 Å². The number of rotatable bonds is 4. The first kappa shape index (κ1) is 16.4. The van der Waals surface area contributed by atoms with E-state index < -0.39 is 5.54 Å². The average Bonchev–Trinajstić information content (AvgIpc) is 3.05. The highest BCUT2D eigenvalue weighted by molar-refractivity contribution is 7.11. The molecule has 1 amide bonds. The summed E-state index contributed by atoms with van der Waals surface area (Å²) in [4.78, 5) is 31.4. The van der Waals surface area contributed by atoms with Crippen molar-refractivity contribution in [3.05, 3.63) is 16.1 Å². The van der Waals surface area contributed by atoms with Gasteiger partial charge in [-0.25, -0.2) is 9.78 Å². The highest BCUT2D eigenvalue weighted by atomic mass is 32.1. The van der Waals surface area contributed by atoms with Crippen molar-refractivity contribution in [2.75, 3.05) is 26.4 Å². The maximum atomic E-state index is 12.9. The topological polar surface area (TPSA) is 68.7 Å². The van der Waals surface area contributed by atoms with Crippen LogP contribution in [0.3, 0.4) is 0 Å². The number of cyclic esters (lactones) is 1. The molecule has 0 radical (unpaired) electrons. The molecule has 0 bridgehead atoms. The monoisotopic (exact) mass is 338 g/mol. The zero-order valence-electron chi connectivity index (χ0n) is 13.4. The quantitative estimate of drug-likeness (QED) is 0.786. The van der Waals surface area contributed by atoms with E-state index in [9.17, 15) is 9.59 Å². The van der Waals surface area contributed by atoms with E-state index in [1.165, 1.54) is 11.3 Å². The summed E-state index contributed by atoms with van der Waals surface area (Å²) in [5.41, 5.74) is 0.0869. The summed E-state index contributed by atoms with van der Waals surface area (Å²) in [5.74, 6) is -0.459. The molecule has 2 aliphatic rings. The molecule has 0 aromatic carbocycles. The number of aromatic nitrogens is 1. The number of nitrogens with zero attached hydrogens (tertiary/aromatic N) is 2. The molecule has 126 valence electrons. The molecule has 2 fully saturated rings. The Morgan fingerprint density at radius 2 is 2.17 bits per heavy atom. The molecule has 1 spiro atoms. The number of carbonyl (C=O) groups excluding carboxylic acids is 2. The van der Waals surface area contributed by atoms with Crippen LogP contribution in [-0.4, -0.2) is 53.7 Å². The van der Waals surface area contributed by atoms with Gasteiger partial charge in [0.2, 0.25) is 0 Å². The van der Waals surface area contributed by atoms with Crippen LogP contribution in [0.15, 0.2) is 5.38 Å². The lowest BCUT2D eigenvalue weighted by atomic mass is 9.87. The van der Waals surface area contributed by atoms with Crippen molar-refractivity contribution in [2.45, 2.75) is 44.6 Å². The van der Waals surface area contributed by atoms with Crippen LogP contribution in [0.2, 0.25) is 0 Å². The third-order valence-electron chi connectivity index (χ3n) is 4.53. The maximum Gasteiger partial charge on any atom is 0.332 e. The summed E-state index contributed by atoms with van der Waals surface area (Å²) in [6.45, 7) is 3.75. The van der Waals surface area contributed by atoms with E-state index in [0.717, 1.165) is 25.0 Å². The van der Waals surface area contributed by atoms with Crippen molar-refractivity contribution < 1.29 is 19.1 Å². The summed E-state index contributed by atoms with van der Waals surface area (Å²) >= 11 is 1.36. The highest BCUT2D eigenvalue weighted by Crippen LogP contribution is 2.33. The Bertz CT molecular complexity index is 580. The first-order chi connectivity index (χ1) is 11.2. The SMILES string of the molecule is CCCCc1csc(C(=O)N2CCOC(=O)C23CCOCC3)n1. The number of esters is 1. The van der Waals surface area contributed by atoms with Crippen molar-refractivity contribution in [1.29, 1.82) is 0 Å². The van der Waals surface area contributed by atoms with E-state index in [-0.39, 0.29) is 18.5 Å². The van der Waals surface area contributed by atoms with Gasteiger partial charge in [0.25, 0.3) is 5.91 Å². The fourth-order valence-corrected chi connectivity index (χ4v) is 3.96. The minimum Gasteiger partial charge on any atom is -0.462 e. The zero-order chi connectivity index (χ0) is 16.3. The molecule has 23 heavy (non-hydrogen) atoms. The van der Waals surface area contributed by atoms with Gasteiger partial charge in [-0.3, -0.25) is 4.79 Å². The molecule has 7 heteroatoms. The molecular weight excluding hydrogens is 316 g/mol. The summed E-state index contributed by atoms with van der Waals surface area (Å²) in [6.07, 6.45) is 4.04. The Kier molecular flexibility index (Phi) is 4.96. The van der Waals surface area contributed by atoms with Gasteiger partial charge in [-0.1, -0.05) is 13.3 Å². The maximum absolute atomic E-state index is 12.9. The van der Waals surface area contributed by atoms with Crippen molar-refractivity contribution in [1.82, 2.24) is 9.88 Å². The summed E-state index contributed by atoms with van der Waals surface area (Å²) in [7, 11) is 0. The third-order valence-corrected chi connectivity index (χ3v) is 5.41. The normalized spacial score (nSPS) is 20.6. The van der Waals surface area contributed by atoms with Gasteiger partial charge < -0.3 is 14.4 Å². The molecule has 1 aromatic heterocycles. The Hall–Kier alpha value is -1.47. The zero-order valence-corrected chi connectivity index (χ0v) is 14.2. The van der Waals surface area contributed by atoms with Gasteiger partial charge in [0.05, 0.1) is 12.2 Å². The van der Waals surface area contributed by atoms with Gasteiger partial charge in [-0.05, 0) is 12.8 Å². The molecule has 0 atom stereocenters. The largest absolute Gasteiger partial charge is 0.462 e. The van der Waals surface area contributed by atoms with Crippen LogP contribution < -0.4 is 0 Å². The number of ether oxygens (including phenoxy) is 2. The molecule has 0 aliphatic carbocycles. The number of hydrogen-bond donors (Lipinski definition) is 0. The van der Waals surface area contributed by atoms with Crippen molar-refractivity contribution in [3.8, 4) is 0 Å². The van der Waals surface area contributed by atoms with Crippen LogP contribution in [0.4, 0.5) is 0 Å². The minimum absolute atomic E-state index is 0.156. The Labute approximate surface area is 139 Å². The van der Waals surface area contributed by atoms with Crippen molar-refractivity contribution >= 4 is 23.2 Å². The van der Waals surface area contributed by atoms with Crippen molar-refractivity contribution in [2.24, 2.45) is 0 Å². The van der Waals surface area contributed by atoms with Crippen LogP contribution in [0.1, 0.15) is 48.1 Å². The van der Waals surface area contributed by atoms with Gasteiger partial charge in [-0.2, -0.15) is 0 Å².